The molecule has 2 aromatic carbocycles. The fourth-order valence-corrected chi connectivity index (χ4v) is 5.44. The third-order valence-corrected chi connectivity index (χ3v) is 7.30. The summed E-state index contributed by atoms with van der Waals surface area (Å²) in [4.78, 5) is 12.8. The molecule has 4 heterocycles. The molecular formula is C29H22N6S. The van der Waals surface area contributed by atoms with E-state index in [0.717, 1.165) is 51.4 Å². The zero-order valence-electron chi connectivity index (χ0n) is 19.3. The van der Waals surface area contributed by atoms with Crippen LogP contribution in [0.1, 0.15) is 16.7 Å². The molecule has 0 aliphatic carbocycles. The first-order valence-corrected chi connectivity index (χ1v) is 12.4. The molecule has 0 radical (unpaired) electrons. The third kappa shape index (κ3) is 4.31. The minimum Gasteiger partial charge on any atom is -0.361 e. The Balaban J connectivity index is 1.31. The van der Waals surface area contributed by atoms with E-state index >= 15 is 0 Å². The van der Waals surface area contributed by atoms with Crippen LogP contribution in [0.25, 0.3) is 31.4 Å². The molecule has 0 atom stereocenters. The van der Waals surface area contributed by atoms with E-state index in [-0.39, 0.29) is 0 Å². The molecular weight excluding hydrogens is 464 g/mol. The topological polar surface area (TPSA) is 89.4 Å². The summed E-state index contributed by atoms with van der Waals surface area (Å²) in [5, 5.41) is 19.1. The number of hydrogen-bond acceptors (Lipinski definition) is 6. The summed E-state index contributed by atoms with van der Waals surface area (Å²) in [6.45, 7) is 1.55. The van der Waals surface area contributed by atoms with Gasteiger partial charge in [0.25, 0.3) is 0 Å². The quantitative estimate of drug-likeness (QED) is 0.232. The van der Waals surface area contributed by atoms with Crippen LogP contribution in [0.15, 0.2) is 91.6 Å². The van der Waals surface area contributed by atoms with Crippen LogP contribution in [0.5, 0.6) is 0 Å². The minimum atomic E-state index is 0.512. The molecule has 0 unspecified atom stereocenters. The number of thiophene rings is 1. The Kier molecular flexibility index (Phi) is 5.88. The molecule has 0 amide bonds. The predicted molar refractivity (Wildman–Crippen MR) is 146 cm³/mol. The molecule has 0 aliphatic heterocycles. The molecule has 0 saturated carbocycles. The van der Waals surface area contributed by atoms with Gasteiger partial charge in [-0.2, -0.15) is 5.26 Å². The van der Waals surface area contributed by atoms with Gasteiger partial charge < -0.3 is 15.6 Å². The summed E-state index contributed by atoms with van der Waals surface area (Å²) < 4.78 is 1.20. The highest BCUT2D eigenvalue weighted by Crippen LogP contribution is 2.40. The number of aromatic nitrogens is 3. The SMILES string of the molecule is N#Cc1cncc(-c2cc3cc(CNCc4cccnc4)ccc3s2)c1Nc1cccc2[nH]ccc12. The summed E-state index contributed by atoms with van der Waals surface area (Å²) in [5.41, 5.74) is 6.57. The molecule has 4 aromatic heterocycles. The van der Waals surface area contributed by atoms with Crippen molar-refractivity contribution in [1.29, 1.82) is 5.26 Å². The highest BCUT2D eigenvalue weighted by Gasteiger charge is 2.15. The van der Waals surface area contributed by atoms with Crippen molar-refractivity contribution in [3.05, 3.63) is 108 Å². The van der Waals surface area contributed by atoms with Gasteiger partial charge in [-0.15, -0.1) is 11.3 Å². The summed E-state index contributed by atoms with van der Waals surface area (Å²) in [6.07, 6.45) is 9.04. The Morgan fingerprint density at radius 3 is 2.75 bits per heavy atom. The van der Waals surface area contributed by atoms with Crippen LogP contribution in [0.3, 0.4) is 0 Å². The number of H-pyrrole nitrogens is 1. The normalized spacial score (nSPS) is 11.1. The number of fused-ring (bicyclic) bond motifs is 2. The number of pyridine rings is 2. The molecule has 0 bridgehead atoms. The van der Waals surface area contributed by atoms with Crippen LogP contribution < -0.4 is 10.6 Å². The van der Waals surface area contributed by atoms with Gasteiger partial charge in [-0.25, -0.2) is 0 Å². The van der Waals surface area contributed by atoms with Gasteiger partial charge in [0.15, 0.2) is 0 Å². The summed E-state index contributed by atoms with van der Waals surface area (Å²) in [7, 11) is 0. The van der Waals surface area contributed by atoms with Gasteiger partial charge in [0.1, 0.15) is 6.07 Å². The first-order chi connectivity index (χ1) is 17.8. The fraction of sp³-hybridized carbons (Fsp3) is 0.0690. The van der Waals surface area contributed by atoms with Gasteiger partial charge >= 0.3 is 0 Å². The van der Waals surface area contributed by atoms with E-state index in [1.807, 2.05) is 48.9 Å². The molecule has 0 fully saturated rings. The molecule has 174 valence electrons. The standard InChI is InChI=1S/C29H22N6S/c30-13-22-17-33-18-24(29(22)35-26-5-1-4-25-23(26)8-10-34-25)28-12-21-11-19(6-7-27(21)36-28)14-32-16-20-3-2-9-31-15-20/h1-12,15,17-18,32,34H,14,16H2,(H,33,35). The maximum atomic E-state index is 9.84. The number of hydrogen-bond donors (Lipinski definition) is 3. The van der Waals surface area contributed by atoms with Crippen LogP contribution in [0, 0.1) is 11.3 Å². The van der Waals surface area contributed by atoms with E-state index in [1.54, 1.807) is 23.7 Å². The first kappa shape index (κ1) is 22.0. The highest BCUT2D eigenvalue weighted by atomic mass is 32.1. The van der Waals surface area contributed by atoms with Crippen molar-refractivity contribution in [2.24, 2.45) is 0 Å². The summed E-state index contributed by atoms with van der Waals surface area (Å²) in [6, 6.07) is 23.2. The lowest BCUT2D eigenvalue weighted by atomic mass is 10.1. The summed E-state index contributed by atoms with van der Waals surface area (Å²) >= 11 is 1.70. The van der Waals surface area contributed by atoms with E-state index in [9.17, 15) is 5.26 Å². The number of nitrogens with one attached hydrogen (secondary N) is 3. The number of nitrogens with zero attached hydrogens (tertiary/aromatic N) is 3. The number of rotatable bonds is 7. The van der Waals surface area contributed by atoms with Crippen molar-refractivity contribution in [3.63, 3.8) is 0 Å². The third-order valence-electron chi connectivity index (χ3n) is 6.15. The van der Waals surface area contributed by atoms with Crippen LogP contribution in [0.2, 0.25) is 0 Å². The zero-order chi connectivity index (χ0) is 24.3. The molecule has 0 saturated heterocycles. The maximum Gasteiger partial charge on any atom is 0.103 e. The molecule has 6 rings (SSSR count). The molecule has 6 nitrogen and oxygen atoms in total. The van der Waals surface area contributed by atoms with E-state index < -0.39 is 0 Å². The number of anilines is 2. The fourth-order valence-electron chi connectivity index (χ4n) is 4.39. The second kappa shape index (κ2) is 9.62. The van der Waals surface area contributed by atoms with Crippen molar-refractivity contribution in [3.8, 4) is 16.5 Å². The minimum absolute atomic E-state index is 0.512. The van der Waals surface area contributed by atoms with Gasteiger partial charge in [-0.3, -0.25) is 9.97 Å². The average molecular weight is 487 g/mol. The summed E-state index contributed by atoms with van der Waals surface area (Å²) in [5.74, 6) is 0. The molecule has 0 spiro atoms. The Bertz CT molecular complexity index is 1710. The predicted octanol–water partition coefficient (Wildman–Crippen LogP) is 6.74. The van der Waals surface area contributed by atoms with Gasteiger partial charge in [0, 0.05) is 75.8 Å². The second-order valence-electron chi connectivity index (χ2n) is 8.54. The molecule has 6 aromatic rings. The lowest BCUT2D eigenvalue weighted by Gasteiger charge is -2.13. The maximum absolute atomic E-state index is 9.84. The van der Waals surface area contributed by atoms with Crippen LogP contribution in [0.4, 0.5) is 11.4 Å². The Labute approximate surface area is 212 Å². The lowest BCUT2D eigenvalue weighted by molar-refractivity contribution is 0.692. The van der Waals surface area contributed by atoms with Crippen molar-refractivity contribution < 1.29 is 0 Å². The lowest BCUT2D eigenvalue weighted by Crippen LogP contribution is -2.12. The Morgan fingerprint density at radius 1 is 0.917 bits per heavy atom. The highest BCUT2D eigenvalue weighted by molar-refractivity contribution is 7.22. The zero-order valence-corrected chi connectivity index (χ0v) is 20.1. The van der Waals surface area contributed by atoms with Crippen molar-refractivity contribution in [2.45, 2.75) is 13.1 Å². The van der Waals surface area contributed by atoms with Crippen molar-refractivity contribution in [1.82, 2.24) is 20.3 Å². The van der Waals surface area contributed by atoms with Crippen LogP contribution in [-0.4, -0.2) is 15.0 Å². The van der Waals surface area contributed by atoms with E-state index in [2.05, 4.69) is 62.0 Å². The second-order valence-corrected chi connectivity index (χ2v) is 9.62. The smallest absolute Gasteiger partial charge is 0.103 e. The monoisotopic (exact) mass is 486 g/mol. The number of nitriles is 1. The molecule has 36 heavy (non-hydrogen) atoms. The Morgan fingerprint density at radius 2 is 1.86 bits per heavy atom. The van der Waals surface area contributed by atoms with Gasteiger partial charge in [0.05, 0.1) is 11.3 Å². The number of benzene rings is 2. The number of aromatic amines is 1. The largest absolute Gasteiger partial charge is 0.361 e. The molecule has 0 aliphatic rings. The van der Waals surface area contributed by atoms with Crippen LogP contribution in [-0.2, 0) is 13.1 Å². The van der Waals surface area contributed by atoms with Gasteiger partial charge in [-0.05, 0) is 59.0 Å². The van der Waals surface area contributed by atoms with Gasteiger partial charge in [0.2, 0.25) is 0 Å². The average Bonchev–Trinajstić information content (AvgIpc) is 3.57. The van der Waals surface area contributed by atoms with E-state index in [1.165, 1.54) is 15.6 Å². The molecule has 7 heteroatoms. The van der Waals surface area contributed by atoms with Gasteiger partial charge in [-0.1, -0.05) is 18.2 Å². The Hall–Kier alpha value is -4.51. The first-order valence-electron chi connectivity index (χ1n) is 11.6. The van der Waals surface area contributed by atoms with E-state index in [4.69, 9.17) is 0 Å². The van der Waals surface area contributed by atoms with Crippen molar-refractivity contribution >= 4 is 43.7 Å². The van der Waals surface area contributed by atoms with Crippen molar-refractivity contribution in [2.75, 3.05) is 5.32 Å². The van der Waals surface area contributed by atoms with Crippen LogP contribution >= 0.6 is 11.3 Å². The van der Waals surface area contributed by atoms with E-state index in [0.29, 0.717) is 5.56 Å². The molecule has 3 N–H and O–H groups in total.